The fourth-order valence-corrected chi connectivity index (χ4v) is 4.98. The van der Waals surface area contributed by atoms with E-state index in [4.69, 9.17) is 4.74 Å². The Bertz CT molecular complexity index is 740. The molecule has 2 amide bonds. The summed E-state index contributed by atoms with van der Waals surface area (Å²) in [7, 11) is 2.09. The van der Waals surface area contributed by atoms with E-state index in [-0.39, 0.29) is 30.2 Å². The van der Waals surface area contributed by atoms with Gasteiger partial charge in [-0.25, -0.2) is 4.39 Å². The molecular formula is C22H30FN3O3. The second-order valence-electron chi connectivity index (χ2n) is 8.69. The van der Waals surface area contributed by atoms with Gasteiger partial charge in [0.25, 0.3) is 5.91 Å². The second kappa shape index (κ2) is 8.30. The summed E-state index contributed by atoms with van der Waals surface area (Å²) in [5, 5.41) is 3.11. The predicted molar refractivity (Wildman–Crippen MR) is 107 cm³/mol. The largest absolute Gasteiger partial charge is 0.478 e. The van der Waals surface area contributed by atoms with Gasteiger partial charge in [-0.3, -0.25) is 9.59 Å². The van der Waals surface area contributed by atoms with Crippen LogP contribution in [0, 0.1) is 5.82 Å². The molecule has 29 heavy (non-hydrogen) atoms. The second-order valence-corrected chi connectivity index (χ2v) is 8.69. The Morgan fingerprint density at radius 3 is 2.48 bits per heavy atom. The maximum atomic E-state index is 13.2. The molecule has 1 aromatic carbocycles. The lowest BCUT2D eigenvalue weighted by atomic mass is 9.70. The zero-order valence-corrected chi connectivity index (χ0v) is 17.0. The minimum Gasteiger partial charge on any atom is -0.478 e. The Morgan fingerprint density at radius 1 is 1.17 bits per heavy atom. The maximum Gasteiger partial charge on any atom is 0.267 e. The van der Waals surface area contributed by atoms with Crippen molar-refractivity contribution in [1.29, 1.82) is 0 Å². The molecule has 1 N–H and O–H groups in total. The molecule has 2 aliphatic heterocycles. The quantitative estimate of drug-likeness (QED) is 0.767. The van der Waals surface area contributed by atoms with Crippen LogP contribution in [0.5, 0.6) is 5.75 Å². The smallest absolute Gasteiger partial charge is 0.267 e. The topological polar surface area (TPSA) is 61.9 Å². The van der Waals surface area contributed by atoms with Gasteiger partial charge in [-0.1, -0.05) is 19.3 Å². The number of piperidine rings is 1. The number of ether oxygens (including phenoxy) is 1. The first-order valence-corrected chi connectivity index (χ1v) is 10.7. The highest BCUT2D eigenvalue weighted by Crippen LogP contribution is 2.45. The molecule has 1 aliphatic carbocycles. The van der Waals surface area contributed by atoms with Gasteiger partial charge in [-0.2, -0.15) is 0 Å². The first kappa shape index (κ1) is 20.1. The van der Waals surface area contributed by atoms with Crippen LogP contribution in [0.2, 0.25) is 0 Å². The Balaban J connectivity index is 1.41. The number of β-lactam (4-membered cyclic amide) rings is 1. The highest BCUT2D eigenvalue weighted by Gasteiger charge is 2.62. The van der Waals surface area contributed by atoms with Gasteiger partial charge in [0.15, 0.2) is 6.10 Å². The zero-order chi connectivity index (χ0) is 20.4. The molecule has 2 heterocycles. The van der Waals surface area contributed by atoms with Gasteiger partial charge in [0.2, 0.25) is 5.91 Å². The third kappa shape index (κ3) is 4.10. The van der Waals surface area contributed by atoms with Gasteiger partial charge in [-0.15, -0.1) is 0 Å². The molecule has 158 valence electrons. The van der Waals surface area contributed by atoms with E-state index in [1.165, 1.54) is 12.1 Å². The molecule has 1 saturated carbocycles. The van der Waals surface area contributed by atoms with E-state index in [0.29, 0.717) is 5.75 Å². The van der Waals surface area contributed by atoms with Gasteiger partial charge in [0, 0.05) is 6.04 Å². The Labute approximate surface area is 171 Å². The highest BCUT2D eigenvalue weighted by atomic mass is 19.1. The number of nitrogens with one attached hydrogen (secondary N) is 1. The van der Waals surface area contributed by atoms with Crippen molar-refractivity contribution in [1.82, 2.24) is 15.1 Å². The van der Waals surface area contributed by atoms with Gasteiger partial charge in [-0.05, 0) is 70.1 Å². The average molecular weight is 403 g/mol. The SMILES string of the molecule is CN1CCC(NC(=O)CN2C(=O)C(Oc3ccc(F)cc3)C23CCCCC3)CC1. The number of hydrogen-bond donors (Lipinski definition) is 1. The molecule has 1 unspecified atom stereocenters. The first-order chi connectivity index (χ1) is 14.0. The molecule has 4 rings (SSSR count). The number of amides is 2. The monoisotopic (exact) mass is 403 g/mol. The molecule has 0 radical (unpaired) electrons. The molecule has 1 aromatic rings. The van der Waals surface area contributed by atoms with E-state index in [1.54, 1.807) is 17.0 Å². The predicted octanol–water partition coefficient (Wildman–Crippen LogP) is 2.33. The lowest BCUT2D eigenvalue weighted by molar-refractivity contribution is -0.187. The molecule has 7 heteroatoms. The molecule has 6 nitrogen and oxygen atoms in total. The maximum absolute atomic E-state index is 13.2. The zero-order valence-electron chi connectivity index (χ0n) is 17.0. The summed E-state index contributed by atoms with van der Waals surface area (Å²) in [6, 6.07) is 5.95. The van der Waals surface area contributed by atoms with Crippen molar-refractivity contribution in [3.63, 3.8) is 0 Å². The van der Waals surface area contributed by atoms with Crippen molar-refractivity contribution >= 4 is 11.8 Å². The van der Waals surface area contributed by atoms with E-state index in [0.717, 1.165) is 58.0 Å². The summed E-state index contributed by atoms with van der Waals surface area (Å²) in [4.78, 5) is 29.6. The number of hydrogen-bond acceptors (Lipinski definition) is 4. The van der Waals surface area contributed by atoms with Crippen molar-refractivity contribution in [3.05, 3.63) is 30.1 Å². The van der Waals surface area contributed by atoms with E-state index in [9.17, 15) is 14.0 Å². The average Bonchev–Trinajstić information content (AvgIpc) is 2.74. The lowest BCUT2D eigenvalue weighted by Gasteiger charge is -2.58. The standard InChI is InChI=1S/C22H30FN3O3/c1-25-13-9-17(10-14-25)24-19(27)15-26-21(28)20(22(26)11-3-2-4-12-22)29-18-7-5-16(23)6-8-18/h5-8,17,20H,2-4,9-15H2,1H3,(H,24,27). The third-order valence-corrected chi connectivity index (χ3v) is 6.69. The minimum atomic E-state index is -0.593. The summed E-state index contributed by atoms with van der Waals surface area (Å²) in [6.07, 6.45) is 6.14. The molecule has 1 spiro atoms. The normalized spacial score (nSPS) is 25.0. The summed E-state index contributed by atoms with van der Waals surface area (Å²) in [6.45, 7) is 2.05. The van der Waals surface area contributed by atoms with Crippen LogP contribution < -0.4 is 10.1 Å². The number of likely N-dealkylation sites (tertiary alicyclic amines) is 2. The first-order valence-electron chi connectivity index (χ1n) is 10.7. The fraction of sp³-hybridized carbons (Fsp3) is 0.636. The van der Waals surface area contributed by atoms with Gasteiger partial charge in [0.05, 0.1) is 5.54 Å². The van der Waals surface area contributed by atoms with Crippen LogP contribution in [0.4, 0.5) is 4.39 Å². The number of rotatable bonds is 5. The minimum absolute atomic E-state index is 0.0851. The molecule has 3 fully saturated rings. The Hall–Kier alpha value is -2.15. The number of halogens is 1. The number of nitrogens with zero attached hydrogens (tertiary/aromatic N) is 2. The molecule has 1 atom stereocenters. The van der Waals surface area contributed by atoms with E-state index < -0.39 is 11.6 Å². The van der Waals surface area contributed by atoms with Crippen molar-refractivity contribution in [2.45, 2.75) is 62.6 Å². The van der Waals surface area contributed by atoms with E-state index in [2.05, 4.69) is 17.3 Å². The van der Waals surface area contributed by atoms with Crippen LogP contribution >= 0.6 is 0 Å². The van der Waals surface area contributed by atoms with Crippen molar-refractivity contribution in [2.75, 3.05) is 26.7 Å². The molecule has 2 saturated heterocycles. The fourth-order valence-electron chi connectivity index (χ4n) is 4.98. The van der Waals surface area contributed by atoms with Crippen molar-refractivity contribution < 1.29 is 18.7 Å². The molecule has 3 aliphatic rings. The van der Waals surface area contributed by atoms with Crippen LogP contribution in [0.1, 0.15) is 44.9 Å². The Kier molecular flexibility index (Phi) is 5.76. The summed E-state index contributed by atoms with van der Waals surface area (Å²) in [5.41, 5.74) is -0.423. The van der Waals surface area contributed by atoms with Crippen LogP contribution in [0.3, 0.4) is 0 Å². The lowest BCUT2D eigenvalue weighted by Crippen LogP contribution is -2.77. The van der Waals surface area contributed by atoms with Gasteiger partial charge < -0.3 is 19.9 Å². The highest BCUT2D eigenvalue weighted by molar-refractivity contribution is 5.94. The number of carbonyl (C=O) groups is 2. The van der Waals surface area contributed by atoms with Crippen LogP contribution in [-0.4, -0.2) is 66.0 Å². The summed E-state index contributed by atoms with van der Waals surface area (Å²) >= 11 is 0. The molecule has 0 bridgehead atoms. The molecule has 0 aromatic heterocycles. The van der Waals surface area contributed by atoms with Crippen molar-refractivity contribution in [3.8, 4) is 5.75 Å². The summed E-state index contributed by atoms with van der Waals surface area (Å²) in [5.74, 6) is -0.0742. The Morgan fingerprint density at radius 2 is 1.83 bits per heavy atom. The van der Waals surface area contributed by atoms with E-state index in [1.807, 2.05) is 0 Å². The van der Waals surface area contributed by atoms with Crippen molar-refractivity contribution in [2.24, 2.45) is 0 Å². The van der Waals surface area contributed by atoms with Crippen LogP contribution in [0.25, 0.3) is 0 Å². The number of benzene rings is 1. The third-order valence-electron chi connectivity index (χ3n) is 6.69. The number of carbonyl (C=O) groups excluding carboxylic acids is 2. The summed E-state index contributed by atoms with van der Waals surface area (Å²) < 4.78 is 19.2. The van der Waals surface area contributed by atoms with Gasteiger partial charge >= 0.3 is 0 Å². The van der Waals surface area contributed by atoms with Crippen LogP contribution in [0.15, 0.2) is 24.3 Å². The van der Waals surface area contributed by atoms with Crippen LogP contribution in [-0.2, 0) is 9.59 Å². The van der Waals surface area contributed by atoms with E-state index >= 15 is 0 Å². The molecular weight excluding hydrogens is 373 g/mol. The van der Waals surface area contributed by atoms with Gasteiger partial charge in [0.1, 0.15) is 18.1 Å².